The van der Waals surface area contributed by atoms with Crippen molar-refractivity contribution in [1.82, 2.24) is 15.1 Å². The molecule has 2 amide bonds. The highest BCUT2D eigenvalue weighted by atomic mass is 16.5. The number of amides is 2. The van der Waals surface area contributed by atoms with E-state index in [9.17, 15) is 4.79 Å². The van der Waals surface area contributed by atoms with E-state index in [4.69, 9.17) is 4.74 Å². The lowest BCUT2D eigenvalue weighted by molar-refractivity contribution is -0.0111. The number of hydrogen-bond acceptors (Lipinski definition) is 3. The first-order valence-electron chi connectivity index (χ1n) is 8.67. The fraction of sp³-hybridized carbons (Fsp3) is 0.611. The van der Waals surface area contributed by atoms with Crippen LogP contribution in [0.3, 0.4) is 0 Å². The second-order valence-corrected chi connectivity index (χ2v) is 6.44. The van der Waals surface area contributed by atoms with Crippen molar-refractivity contribution in [1.29, 1.82) is 0 Å². The van der Waals surface area contributed by atoms with Gasteiger partial charge < -0.3 is 19.9 Å². The molecule has 0 unspecified atom stereocenters. The molecule has 2 aliphatic rings. The molecule has 2 saturated heterocycles. The molecule has 0 saturated carbocycles. The number of nitrogens with zero attached hydrogens (tertiary/aromatic N) is 2. The minimum absolute atomic E-state index is 0.0208. The van der Waals surface area contributed by atoms with Crippen LogP contribution in [0.5, 0.6) is 0 Å². The van der Waals surface area contributed by atoms with Gasteiger partial charge in [0.05, 0.1) is 12.7 Å². The predicted octanol–water partition coefficient (Wildman–Crippen LogP) is 1.94. The van der Waals surface area contributed by atoms with E-state index in [2.05, 4.69) is 17.1 Å². The zero-order valence-electron chi connectivity index (χ0n) is 13.9. The van der Waals surface area contributed by atoms with Crippen LogP contribution in [0.2, 0.25) is 0 Å². The van der Waals surface area contributed by atoms with Crippen molar-refractivity contribution in [2.75, 3.05) is 39.3 Å². The molecule has 5 heteroatoms. The molecule has 0 bridgehead atoms. The Balaban J connectivity index is 1.51. The minimum atomic E-state index is 0.0208. The van der Waals surface area contributed by atoms with Crippen molar-refractivity contribution in [3.8, 4) is 0 Å². The number of likely N-dealkylation sites (tertiary alicyclic amines) is 1. The number of carbonyl (C=O) groups excluding carboxylic acids is 1. The number of benzene rings is 1. The van der Waals surface area contributed by atoms with Gasteiger partial charge in [0.1, 0.15) is 0 Å². The molecule has 0 radical (unpaired) electrons. The average Bonchev–Trinajstić information content (AvgIpc) is 2.81. The van der Waals surface area contributed by atoms with Gasteiger partial charge in [-0.2, -0.15) is 0 Å². The van der Waals surface area contributed by atoms with Crippen molar-refractivity contribution in [2.45, 2.75) is 26.0 Å². The Morgan fingerprint density at radius 3 is 2.87 bits per heavy atom. The van der Waals surface area contributed by atoms with Crippen LogP contribution in [0, 0.1) is 5.92 Å². The number of nitrogens with one attached hydrogen (secondary N) is 1. The number of likely N-dealkylation sites (N-methyl/N-ethyl adjacent to an activating group) is 1. The zero-order chi connectivity index (χ0) is 16.1. The van der Waals surface area contributed by atoms with Gasteiger partial charge in [-0.3, -0.25) is 0 Å². The highest BCUT2D eigenvalue weighted by Crippen LogP contribution is 2.24. The van der Waals surface area contributed by atoms with E-state index in [1.54, 1.807) is 0 Å². The molecule has 0 aliphatic carbocycles. The van der Waals surface area contributed by atoms with Gasteiger partial charge in [0.2, 0.25) is 0 Å². The fourth-order valence-corrected chi connectivity index (χ4v) is 3.48. The molecule has 23 heavy (non-hydrogen) atoms. The minimum Gasteiger partial charge on any atom is -0.375 e. The van der Waals surface area contributed by atoms with Crippen molar-refractivity contribution in [3.05, 3.63) is 35.9 Å². The molecule has 2 fully saturated rings. The Morgan fingerprint density at radius 1 is 1.26 bits per heavy atom. The third-order valence-electron chi connectivity index (χ3n) is 4.95. The highest BCUT2D eigenvalue weighted by molar-refractivity contribution is 5.74. The molecule has 3 rings (SSSR count). The topological polar surface area (TPSA) is 44.8 Å². The standard InChI is InChI=1S/C18H27N3O2/c1-2-20-10-11-23-17-14-21(9-8-16(17)13-20)18(22)19-12-15-6-4-3-5-7-15/h3-7,16-17H,2,8-14H2,1H3,(H,19,22)/t16-,17-/m0/s1. The maximum Gasteiger partial charge on any atom is 0.317 e. The van der Waals surface area contributed by atoms with Gasteiger partial charge in [0.15, 0.2) is 0 Å². The number of urea groups is 1. The monoisotopic (exact) mass is 317 g/mol. The molecule has 2 heterocycles. The van der Waals surface area contributed by atoms with E-state index in [-0.39, 0.29) is 12.1 Å². The first-order valence-corrected chi connectivity index (χ1v) is 8.67. The summed E-state index contributed by atoms with van der Waals surface area (Å²) in [7, 11) is 0. The zero-order valence-corrected chi connectivity index (χ0v) is 13.9. The molecule has 1 aromatic rings. The lowest BCUT2D eigenvalue weighted by Gasteiger charge is -2.37. The lowest BCUT2D eigenvalue weighted by atomic mass is 9.93. The number of ether oxygens (including phenoxy) is 1. The summed E-state index contributed by atoms with van der Waals surface area (Å²) in [4.78, 5) is 16.8. The number of rotatable bonds is 3. The number of piperidine rings is 1. The van der Waals surface area contributed by atoms with E-state index >= 15 is 0 Å². The van der Waals surface area contributed by atoms with Crippen molar-refractivity contribution >= 4 is 6.03 Å². The summed E-state index contributed by atoms with van der Waals surface area (Å²) in [6, 6.07) is 10.0. The summed E-state index contributed by atoms with van der Waals surface area (Å²) in [6.07, 6.45) is 1.21. The number of fused-ring (bicyclic) bond motifs is 1. The number of hydrogen-bond donors (Lipinski definition) is 1. The summed E-state index contributed by atoms with van der Waals surface area (Å²) in [5, 5.41) is 3.02. The van der Waals surface area contributed by atoms with Gasteiger partial charge in [-0.15, -0.1) is 0 Å². The molecule has 2 atom stereocenters. The maximum absolute atomic E-state index is 12.4. The molecule has 0 spiro atoms. The van der Waals surface area contributed by atoms with E-state index < -0.39 is 0 Å². The second-order valence-electron chi connectivity index (χ2n) is 6.44. The van der Waals surface area contributed by atoms with Crippen LogP contribution in [-0.2, 0) is 11.3 Å². The van der Waals surface area contributed by atoms with E-state index in [0.29, 0.717) is 19.0 Å². The molecule has 2 aliphatic heterocycles. The summed E-state index contributed by atoms with van der Waals surface area (Å²) in [5.41, 5.74) is 1.13. The Kier molecular flexibility index (Phi) is 5.51. The van der Waals surface area contributed by atoms with Gasteiger partial charge in [0, 0.05) is 38.6 Å². The Bertz CT molecular complexity index is 508. The summed E-state index contributed by atoms with van der Waals surface area (Å²) in [6.45, 7) is 8.26. The molecular weight excluding hydrogens is 290 g/mol. The SMILES string of the molecule is CCN1CCO[C@H]2CN(C(=O)NCc3ccccc3)CC[C@H]2C1. The fourth-order valence-electron chi connectivity index (χ4n) is 3.48. The molecule has 1 aromatic carbocycles. The Labute approximate surface area is 138 Å². The van der Waals surface area contributed by atoms with Crippen molar-refractivity contribution < 1.29 is 9.53 Å². The largest absolute Gasteiger partial charge is 0.375 e. The van der Waals surface area contributed by atoms with E-state index in [0.717, 1.165) is 44.8 Å². The first kappa shape index (κ1) is 16.3. The van der Waals surface area contributed by atoms with Crippen LogP contribution in [0.1, 0.15) is 18.9 Å². The third-order valence-corrected chi connectivity index (χ3v) is 4.95. The summed E-state index contributed by atoms with van der Waals surface area (Å²) < 4.78 is 6.02. The van der Waals surface area contributed by atoms with Gasteiger partial charge >= 0.3 is 6.03 Å². The van der Waals surface area contributed by atoms with Crippen LogP contribution in [0.4, 0.5) is 4.79 Å². The van der Waals surface area contributed by atoms with E-state index in [1.165, 1.54) is 0 Å². The average molecular weight is 317 g/mol. The smallest absolute Gasteiger partial charge is 0.317 e. The van der Waals surface area contributed by atoms with Crippen LogP contribution < -0.4 is 5.32 Å². The normalized spacial score (nSPS) is 25.5. The summed E-state index contributed by atoms with van der Waals surface area (Å²) in [5.74, 6) is 0.552. The van der Waals surface area contributed by atoms with Crippen molar-refractivity contribution in [3.63, 3.8) is 0 Å². The van der Waals surface area contributed by atoms with Gasteiger partial charge in [0.25, 0.3) is 0 Å². The van der Waals surface area contributed by atoms with Crippen LogP contribution in [0.25, 0.3) is 0 Å². The highest BCUT2D eigenvalue weighted by Gasteiger charge is 2.34. The maximum atomic E-state index is 12.4. The first-order chi connectivity index (χ1) is 11.3. The molecule has 5 nitrogen and oxygen atoms in total. The lowest BCUT2D eigenvalue weighted by Crippen LogP contribution is -2.51. The quantitative estimate of drug-likeness (QED) is 0.926. The van der Waals surface area contributed by atoms with Crippen LogP contribution in [-0.4, -0.2) is 61.3 Å². The van der Waals surface area contributed by atoms with Gasteiger partial charge in [-0.1, -0.05) is 37.3 Å². The van der Waals surface area contributed by atoms with Crippen LogP contribution in [0.15, 0.2) is 30.3 Å². The van der Waals surface area contributed by atoms with Crippen molar-refractivity contribution in [2.24, 2.45) is 5.92 Å². The second kappa shape index (κ2) is 7.79. The van der Waals surface area contributed by atoms with Gasteiger partial charge in [-0.25, -0.2) is 4.79 Å². The molecular formula is C18H27N3O2. The predicted molar refractivity (Wildman–Crippen MR) is 90.2 cm³/mol. The number of carbonyl (C=O) groups is 1. The summed E-state index contributed by atoms with van der Waals surface area (Å²) >= 11 is 0. The van der Waals surface area contributed by atoms with Gasteiger partial charge in [-0.05, 0) is 18.5 Å². The van der Waals surface area contributed by atoms with E-state index in [1.807, 2.05) is 35.2 Å². The van der Waals surface area contributed by atoms with Crippen LogP contribution >= 0.6 is 0 Å². The molecule has 0 aromatic heterocycles. The molecule has 126 valence electrons. The Morgan fingerprint density at radius 2 is 2.09 bits per heavy atom. The molecule has 1 N–H and O–H groups in total. The third kappa shape index (κ3) is 4.24. The Hall–Kier alpha value is -1.59.